The Bertz CT molecular complexity index is 1030. The summed E-state index contributed by atoms with van der Waals surface area (Å²) < 4.78 is 1.60. The van der Waals surface area contributed by atoms with Gasteiger partial charge in [0.15, 0.2) is 0 Å². The summed E-state index contributed by atoms with van der Waals surface area (Å²) in [5.41, 5.74) is 3.28. The number of nitrogens with one attached hydrogen (secondary N) is 2. The van der Waals surface area contributed by atoms with E-state index in [0.29, 0.717) is 18.7 Å². The number of thiazole rings is 1. The topological polar surface area (TPSA) is 92.2 Å². The Hall–Kier alpha value is -3.20. The SMILES string of the molecule is Cc1nc(-c2ccc(NC(=O)N3CCC(NC(=O)c4cnn(C)c4)CC3)cc2)cs1. The van der Waals surface area contributed by atoms with Crippen molar-refractivity contribution in [1.29, 1.82) is 0 Å². The first-order valence-corrected chi connectivity index (χ1v) is 10.7. The zero-order valence-corrected chi connectivity index (χ0v) is 17.8. The van der Waals surface area contributed by atoms with Crippen molar-refractivity contribution in [1.82, 2.24) is 25.0 Å². The number of urea groups is 1. The van der Waals surface area contributed by atoms with Crippen molar-refractivity contribution in [2.45, 2.75) is 25.8 Å². The van der Waals surface area contributed by atoms with E-state index in [1.807, 2.05) is 36.6 Å². The Morgan fingerprint density at radius 1 is 1.17 bits per heavy atom. The van der Waals surface area contributed by atoms with Gasteiger partial charge in [-0.2, -0.15) is 5.10 Å². The number of benzene rings is 1. The van der Waals surface area contributed by atoms with Crippen LogP contribution in [0.25, 0.3) is 11.3 Å². The third-order valence-corrected chi connectivity index (χ3v) is 5.91. The quantitative estimate of drug-likeness (QED) is 0.672. The van der Waals surface area contributed by atoms with Crippen molar-refractivity contribution in [2.24, 2.45) is 7.05 Å². The highest BCUT2D eigenvalue weighted by molar-refractivity contribution is 7.09. The van der Waals surface area contributed by atoms with Crippen molar-refractivity contribution < 1.29 is 9.59 Å². The fraction of sp³-hybridized carbons (Fsp3) is 0.333. The van der Waals surface area contributed by atoms with Gasteiger partial charge in [0.2, 0.25) is 0 Å². The number of carbonyl (C=O) groups excluding carboxylic acids is 2. The van der Waals surface area contributed by atoms with Gasteiger partial charge in [0.05, 0.1) is 22.5 Å². The molecular weight excluding hydrogens is 400 g/mol. The largest absolute Gasteiger partial charge is 0.349 e. The number of carbonyl (C=O) groups is 2. The number of nitrogens with zero attached hydrogens (tertiary/aromatic N) is 4. The molecule has 1 saturated heterocycles. The first-order valence-electron chi connectivity index (χ1n) is 9.86. The van der Waals surface area contributed by atoms with E-state index in [4.69, 9.17) is 0 Å². The lowest BCUT2D eigenvalue weighted by molar-refractivity contribution is 0.0919. The van der Waals surface area contributed by atoms with Crippen molar-refractivity contribution in [3.8, 4) is 11.3 Å². The number of anilines is 1. The second kappa shape index (κ2) is 8.66. The van der Waals surface area contributed by atoms with E-state index in [1.54, 1.807) is 40.4 Å². The molecule has 3 amide bonds. The van der Waals surface area contributed by atoms with E-state index in [1.165, 1.54) is 0 Å². The first-order chi connectivity index (χ1) is 14.5. The van der Waals surface area contributed by atoms with Crippen LogP contribution in [0.1, 0.15) is 28.2 Å². The molecule has 0 atom stereocenters. The van der Waals surface area contributed by atoms with E-state index < -0.39 is 0 Å². The van der Waals surface area contributed by atoms with Crippen LogP contribution in [0.15, 0.2) is 42.0 Å². The van der Waals surface area contributed by atoms with Gasteiger partial charge in [0, 0.05) is 49.0 Å². The Balaban J connectivity index is 1.26. The summed E-state index contributed by atoms with van der Waals surface area (Å²) in [6.45, 7) is 3.18. The van der Waals surface area contributed by atoms with Gasteiger partial charge < -0.3 is 15.5 Å². The second-order valence-corrected chi connectivity index (χ2v) is 8.46. The van der Waals surface area contributed by atoms with Crippen LogP contribution in [0.2, 0.25) is 0 Å². The van der Waals surface area contributed by atoms with Gasteiger partial charge in [-0.25, -0.2) is 9.78 Å². The summed E-state index contributed by atoms with van der Waals surface area (Å²) in [5.74, 6) is -0.124. The predicted octanol–water partition coefficient (Wildman–Crippen LogP) is 3.28. The molecule has 3 aromatic rings. The van der Waals surface area contributed by atoms with Crippen molar-refractivity contribution in [3.05, 3.63) is 52.6 Å². The fourth-order valence-corrected chi connectivity index (χ4v) is 4.08. The monoisotopic (exact) mass is 424 g/mol. The van der Waals surface area contributed by atoms with Gasteiger partial charge in [-0.05, 0) is 31.9 Å². The van der Waals surface area contributed by atoms with Crippen LogP contribution in [0, 0.1) is 6.92 Å². The molecule has 0 spiro atoms. The van der Waals surface area contributed by atoms with Crippen molar-refractivity contribution in [2.75, 3.05) is 18.4 Å². The summed E-state index contributed by atoms with van der Waals surface area (Å²) in [4.78, 5) is 31.1. The summed E-state index contributed by atoms with van der Waals surface area (Å²) >= 11 is 1.62. The Morgan fingerprint density at radius 3 is 2.50 bits per heavy atom. The lowest BCUT2D eigenvalue weighted by Crippen LogP contribution is -2.47. The minimum atomic E-state index is -0.124. The highest BCUT2D eigenvalue weighted by Crippen LogP contribution is 2.23. The maximum Gasteiger partial charge on any atom is 0.321 e. The molecule has 0 bridgehead atoms. The van der Waals surface area contributed by atoms with E-state index in [0.717, 1.165) is 34.8 Å². The standard InChI is InChI=1S/C21H24N6O2S/c1-14-23-19(13-30-14)15-3-5-17(6-4-15)25-21(29)27-9-7-18(8-10-27)24-20(28)16-11-22-26(2)12-16/h3-6,11-13,18H,7-10H2,1-2H3,(H,24,28)(H,25,29). The molecule has 2 N–H and O–H groups in total. The molecule has 30 heavy (non-hydrogen) atoms. The number of rotatable bonds is 4. The van der Waals surface area contributed by atoms with Crippen LogP contribution in [-0.4, -0.2) is 50.7 Å². The third-order valence-electron chi connectivity index (χ3n) is 5.14. The van der Waals surface area contributed by atoms with Crippen LogP contribution in [0.4, 0.5) is 10.5 Å². The molecule has 1 aromatic carbocycles. The van der Waals surface area contributed by atoms with Crippen LogP contribution in [0.5, 0.6) is 0 Å². The van der Waals surface area contributed by atoms with Gasteiger partial charge in [0.25, 0.3) is 5.91 Å². The molecule has 1 fully saturated rings. The zero-order chi connectivity index (χ0) is 21.1. The first kappa shape index (κ1) is 20.1. The molecule has 0 radical (unpaired) electrons. The smallest absolute Gasteiger partial charge is 0.321 e. The summed E-state index contributed by atoms with van der Waals surface area (Å²) in [7, 11) is 1.78. The minimum absolute atomic E-state index is 0.0580. The van der Waals surface area contributed by atoms with E-state index >= 15 is 0 Å². The normalized spacial score (nSPS) is 14.5. The number of hydrogen-bond donors (Lipinski definition) is 2. The van der Waals surface area contributed by atoms with Crippen LogP contribution in [0.3, 0.4) is 0 Å². The van der Waals surface area contributed by atoms with Gasteiger partial charge in [-0.3, -0.25) is 9.48 Å². The molecule has 0 aliphatic carbocycles. The predicted molar refractivity (Wildman–Crippen MR) is 117 cm³/mol. The molecule has 0 unspecified atom stereocenters. The Kier molecular flexibility index (Phi) is 5.80. The molecule has 156 valence electrons. The molecular formula is C21H24N6O2S. The molecule has 9 heteroatoms. The maximum atomic E-state index is 12.6. The average molecular weight is 425 g/mol. The lowest BCUT2D eigenvalue weighted by Gasteiger charge is -2.32. The molecule has 3 heterocycles. The number of aromatic nitrogens is 3. The molecule has 2 aromatic heterocycles. The Morgan fingerprint density at radius 2 is 1.90 bits per heavy atom. The summed E-state index contributed by atoms with van der Waals surface area (Å²) in [6.07, 6.45) is 4.70. The van der Waals surface area contributed by atoms with Gasteiger partial charge in [0.1, 0.15) is 0 Å². The zero-order valence-electron chi connectivity index (χ0n) is 17.0. The maximum absolute atomic E-state index is 12.6. The lowest BCUT2D eigenvalue weighted by atomic mass is 10.0. The van der Waals surface area contributed by atoms with Crippen LogP contribution >= 0.6 is 11.3 Å². The summed E-state index contributed by atoms with van der Waals surface area (Å²) in [6, 6.07) is 7.65. The number of piperidine rings is 1. The van der Waals surface area contributed by atoms with E-state index in [9.17, 15) is 9.59 Å². The van der Waals surface area contributed by atoms with Crippen LogP contribution < -0.4 is 10.6 Å². The molecule has 4 rings (SSSR count). The van der Waals surface area contributed by atoms with Crippen molar-refractivity contribution in [3.63, 3.8) is 0 Å². The van der Waals surface area contributed by atoms with E-state index in [-0.39, 0.29) is 18.0 Å². The van der Waals surface area contributed by atoms with Gasteiger partial charge in [-0.15, -0.1) is 11.3 Å². The minimum Gasteiger partial charge on any atom is -0.349 e. The van der Waals surface area contributed by atoms with Crippen molar-refractivity contribution >= 4 is 29.0 Å². The number of hydrogen-bond acceptors (Lipinski definition) is 5. The number of aryl methyl sites for hydroxylation is 2. The molecule has 1 aliphatic heterocycles. The highest BCUT2D eigenvalue weighted by atomic mass is 32.1. The van der Waals surface area contributed by atoms with E-state index in [2.05, 4.69) is 20.7 Å². The number of likely N-dealkylation sites (tertiary alicyclic amines) is 1. The highest BCUT2D eigenvalue weighted by Gasteiger charge is 2.24. The number of amides is 3. The van der Waals surface area contributed by atoms with Gasteiger partial charge in [-0.1, -0.05) is 12.1 Å². The third kappa shape index (κ3) is 4.68. The fourth-order valence-electron chi connectivity index (χ4n) is 3.46. The second-order valence-electron chi connectivity index (χ2n) is 7.40. The van der Waals surface area contributed by atoms with Gasteiger partial charge >= 0.3 is 6.03 Å². The molecule has 8 nitrogen and oxygen atoms in total. The summed E-state index contributed by atoms with van der Waals surface area (Å²) in [5, 5.41) is 13.1. The molecule has 0 saturated carbocycles. The Labute approximate surface area is 178 Å². The molecule has 1 aliphatic rings. The average Bonchev–Trinajstić information content (AvgIpc) is 3.37. The van der Waals surface area contributed by atoms with Crippen LogP contribution in [-0.2, 0) is 7.05 Å².